The van der Waals surface area contributed by atoms with Gasteiger partial charge in [-0.3, -0.25) is 9.78 Å². The molecule has 0 aliphatic rings. The second-order valence-electron chi connectivity index (χ2n) is 3.54. The van der Waals surface area contributed by atoms with Gasteiger partial charge in [0.15, 0.2) is 0 Å². The van der Waals surface area contributed by atoms with E-state index in [0.717, 1.165) is 6.20 Å². The molecular formula is C12H11ClF2N2O2. The molecule has 0 aliphatic carbocycles. The zero-order chi connectivity index (χ0) is 14.4. The van der Waals surface area contributed by atoms with Crippen LogP contribution < -0.4 is 0 Å². The number of rotatable bonds is 5. The van der Waals surface area contributed by atoms with Gasteiger partial charge in [-0.25, -0.2) is 8.78 Å². The van der Waals surface area contributed by atoms with Crippen LogP contribution in [-0.4, -0.2) is 17.6 Å². The summed E-state index contributed by atoms with van der Waals surface area (Å²) in [5.41, 5.74) is -0.286. The van der Waals surface area contributed by atoms with E-state index < -0.39 is 18.1 Å². The number of carbonyl (C=O) groups excluding carboxylic acids is 1. The van der Waals surface area contributed by atoms with Crippen molar-refractivity contribution in [1.82, 2.24) is 4.98 Å². The largest absolute Gasteiger partial charge is 0.466 e. The lowest BCUT2D eigenvalue weighted by molar-refractivity contribution is -0.142. The van der Waals surface area contributed by atoms with Gasteiger partial charge in [-0.1, -0.05) is 0 Å². The van der Waals surface area contributed by atoms with Gasteiger partial charge in [0.2, 0.25) is 0 Å². The summed E-state index contributed by atoms with van der Waals surface area (Å²) in [4.78, 5) is 15.0. The Morgan fingerprint density at radius 1 is 1.58 bits per heavy atom. The van der Waals surface area contributed by atoms with Crippen molar-refractivity contribution >= 4 is 17.6 Å². The summed E-state index contributed by atoms with van der Waals surface area (Å²) in [5.74, 6) is -0.812. The molecule has 0 saturated carbocycles. The highest BCUT2D eigenvalue weighted by atomic mass is 35.5. The van der Waals surface area contributed by atoms with Crippen molar-refractivity contribution in [2.45, 2.75) is 25.7 Å². The van der Waals surface area contributed by atoms with Crippen LogP contribution >= 0.6 is 11.6 Å². The molecule has 19 heavy (non-hydrogen) atoms. The number of esters is 1. The van der Waals surface area contributed by atoms with Gasteiger partial charge in [0.1, 0.15) is 11.8 Å². The van der Waals surface area contributed by atoms with E-state index in [-0.39, 0.29) is 35.6 Å². The molecule has 1 aromatic rings. The highest BCUT2D eigenvalue weighted by molar-refractivity contribution is 6.17. The average molecular weight is 289 g/mol. The van der Waals surface area contributed by atoms with Crippen molar-refractivity contribution in [3.63, 3.8) is 0 Å². The number of aromatic nitrogens is 1. The number of nitriles is 1. The fourth-order valence-corrected chi connectivity index (χ4v) is 1.90. The first-order chi connectivity index (χ1) is 9.04. The minimum absolute atomic E-state index is 0.0255. The maximum atomic E-state index is 12.9. The molecule has 0 amide bonds. The molecule has 0 saturated heterocycles. The fourth-order valence-electron chi connectivity index (χ4n) is 1.60. The van der Waals surface area contributed by atoms with Crippen LogP contribution in [-0.2, 0) is 21.8 Å². The molecule has 0 bridgehead atoms. The smallest absolute Gasteiger partial charge is 0.310 e. The number of hydrogen-bond donors (Lipinski definition) is 0. The van der Waals surface area contributed by atoms with Crippen LogP contribution in [0.1, 0.15) is 35.7 Å². The zero-order valence-electron chi connectivity index (χ0n) is 10.1. The van der Waals surface area contributed by atoms with Crippen molar-refractivity contribution in [1.29, 1.82) is 5.26 Å². The lowest BCUT2D eigenvalue weighted by Gasteiger charge is -2.13. The van der Waals surface area contributed by atoms with Crippen LogP contribution in [0.4, 0.5) is 8.78 Å². The molecule has 0 atom stereocenters. The maximum absolute atomic E-state index is 12.9. The third kappa shape index (κ3) is 3.61. The first kappa shape index (κ1) is 15.3. The van der Waals surface area contributed by atoms with E-state index in [4.69, 9.17) is 21.6 Å². The summed E-state index contributed by atoms with van der Waals surface area (Å²) in [6, 6.07) is 1.81. The predicted molar refractivity (Wildman–Crippen MR) is 63.8 cm³/mol. The second-order valence-corrected chi connectivity index (χ2v) is 3.81. The topological polar surface area (TPSA) is 63.0 Å². The SMILES string of the molecule is CCOC(=O)Cc1c(C(F)F)ncc(C#N)c1CCl. The Morgan fingerprint density at radius 2 is 2.26 bits per heavy atom. The Labute approximate surface area is 114 Å². The molecule has 7 heteroatoms. The molecule has 4 nitrogen and oxygen atoms in total. The molecule has 1 heterocycles. The van der Waals surface area contributed by atoms with E-state index in [0.29, 0.717) is 0 Å². The molecule has 0 spiro atoms. The van der Waals surface area contributed by atoms with Crippen LogP contribution in [0.5, 0.6) is 0 Å². The summed E-state index contributed by atoms with van der Waals surface area (Å²) in [6.45, 7) is 1.75. The number of nitrogens with zero attached hydrogens (tertiary/aromatic N) is 2. The van der Waals surface area contributed by atoms with Gasteiger partial charge in [0.05, 0.1) is 18.6 Å². The van der Waals surface area contributed by atoms with Crippen molar-refractivity contribution < 1.29 is 18.3 Å². The molecular weight excluding hydrogens is 278 g/mol. The molecule has 1 aromatic heterocycles. The van der Waals surface area contributed by atoms with Crippen LogP contribution in [0, 0.1) is 11.3 Å². The molecule has 0 radical (unpaired) electrons. The summed E-state index contributed by atoms with van der Waals surface area (Å²) in [5, 5.41) is 8.89. The van der Waals surface area contributed by atoms with Crippen LogP contribution in [0.25, 0.3) is 0 Å². The number of halogens is 3. The van der Waals surface area contributed by atoms with Crippen molar-refractivity contribution in [2.24, 2.45) is 0 Å². The number of carbonyl (C=O) groups is 1. The third-order valence-corrected chi connectivity index (χ3v) is 2.69. The van der Waals surface area contributed by atoms with E-state index in [9.17, 15) is 13.6 Å². The standard InChI is InChI=1S/C12H11ClF2N2O2/c1-2-19-10(18)3-8-9(4-13)7(5-16)6-17-11(8)12(14)15/h6,12H,2-4H2,1H3. The van der Waals surface area contributed by atoms with Gasteiger partial charge < -0.3 is 4.74 Å². The number of ether oxygens (including phenoxy) is 1. The van der Waals surface area contributed by atoms with Crippen LogP contribution in [0.2, 0.25) is 0 Å². The average Bonchev–Trinajstić information content (AvgIpc) is 2.37. The molecule has 0 aromatic carbocycles. The highest BCUT2D eigenvalue weighted by Gasteiger charge is 2.22. The van der Waals surface area contributed by atoms with Crippen molar-refractivity contribution in [3.05, 3.63) is 28.6 Å². The monoisotopic (exact) mass is 288 g/mol. The van der Waals surface area contributed by atoms with E-state index in [2.05, 4.69) is 4.98 Å². The second kappa shape index (κ2) is 7.00. The van der Waals surface area contributed by atoms with Crippen molar-refractivity contribution in [3.8, 4) is 6.07 Å². The van der Waals surface area contributed by atoms with Crippen LogP contribution in [0.15, 0.2) is 6.20 Å². The van der Waals surface area contributed by atoms with Gasteiger partial charge in [0.25, 0.3) is 6.43 Å². The Bertz CT molecular complexity index is 515. The highest BCUT2D eigenvalue weighted by Crippen LogP contribution is 2.27. The molecule has 0 unspecified atom stereocenters. The van der Waals surface area contributed by atoms with Gasteiger partial charge in [0, 0.05) is 12.1 Å². The van der Waals surface area contributed by atoms with E-state index in [1.165, 1.54) is 0 Å². The Kier molecular flexibility index (Phi) is 5.64. The van der Waals surface area contributed by atoms with Gasteiger partial charge in [-0.05, 0) is 18.1 Å². The van der Waals surface area contributed by atoms with Gasteiger partial charge in [-0.15, -0.1) is 11.6 Å². The normalized spacial score (nSPS) is 10.3. The summed E-state index contributed by atoms with van der Waals surface area (Å²) < 4.78 is 30.5. The molecule has 0 fully saturated rings. The van der Waals surface area contributed by atoms with Crippen LogP contribution in [0.3, 0.4) is 0 Å². The predicted octanol–water partition coefficient (Wildman–Crippen LogP) is 2.74. The van der Waals surface area contributed by atoms with E-state index in [1.807, 2.05) is 6.07 Å². The quantitative estimate of drug-likeness (QED) is 0.617. The summed E-state index contributed by atoms with van der Waals surface area (Å²) in [7, 11) is 0. The third-order valence-electron chi connectivity index (χ3n) is 2.42. The molecule has 0 aliphatic heterocycles. The summed E-state index contributed by atoms with van der Waals surface area (Å²) in [6.07, 6.45) is -2.19. The fraction of sp³-hybridized carbons (Fsp3) is 0.417. The molecule has 0 N–H and O–H groups in total. The van der Waals surface area contributed by atoms with E-state index in [1.54, 1.807) is 6.92 Å². The first-order valence-electron chi connectivity index (χ1n) is 5.45. The van der Waals surface area contributed by atoms with Gasteiger partial charge in [-0.2, -0.15) is 5.26 Å². The Morgan fingerprint density at radius 3 is 2.74 bits per heavy atom. The molecule has 102 valence electrons. The minimum atomic E-state index is -2.85. The number of alkyl halides is 3. The maximum Gasteiger partial charge on any atom is 0.310 e. The van der Waals surface area contributed by atoms with Crippen molar-refractivity contribution in [2.75, 3.05) is 6.61 Å². The summed E-state index contributed by atoms with van der Waals surface area (Å²) >= 11 is 5.68. The van der Waals surface area contributed by atoms with E-state index >= 15 is 0 Å². The number of hydrogen-bond acceptors (Lipinski definition) is 4. The first-order valence-corrected chi connectivity index (χ1v) is 5.99. The zero-order valence-corrected chi connectivity index (χ0v) is 10.9. The number of pyridine rings is 1. The lowest BCUT2D eigenvalue weighted by Crippen LogP contribution is -2.13. The van der Waals surface area contributed by atoms with Gasteiger partial charge >= 0.3 is 5.97 Å². The Hall–Kier alpha value is -1.74. The lowest BCUT2D eigenvalue weighted by atomic mass is 10.00. The Balaban J connectivity index is 3.30. The minimum Gasteiger partial charge on any atom is -0.466 e. The molecule has 1 rings (SSSR count).